The number of ketones is 1. The smallest absolute Gasteiger partial charge is 0.292 e. The zero-order valence-corrected chi connectivity index (χ0v) is 19.8. The number of nitrogens with one attached hydrogen (secondary N) is 1. The van der Waals surface area contributed by atoms with Gasteiger partial charge in [-0.25, -0.2) is 4.39 Å². The van der Waals surface area contributed by atoms with Crippen LogP contribution in [0.1, 0.15) is 48.9 Å². The monoisotopic (exact) mass is 478 g/mol. The van der Waals surface area contributed by atoms with Crippen molar-refractivity contribution in [2.75, 3.05) is 19.9 Å². The summed E-state index contributed by atoms with van der Waals surface area (Å²) in [5.74, 6) is 1.72. The molecule has 1 N–H and O–H groups in total. The fourth-order valence-electron chi connectivity index (χ4n) is 7.26. The highest BCUT2D eigenvalue weighted by molar-refractivity contribution is 6.45. The van der Waals surface area contributed by atoms with Crippen molar-refractivity contribution in [3.05, 3.63) is 48.4 Å². The van der Waals surface area contributed by atoms with Crippen molar-refractivity contribution in [3.8, 4) is 11.3 Å². The molecule has 2 aromatic heterocycles. The molecular weight excluding hydrogens is 447 g/mol. The average Bonchev–Trinajstić information content (AvgIpc) is 3.48. The van der Waals surface area contributed by atoms with Crippen molar-refractivity contribution < 1.29 is 23.1 Å². The van der Waals surface area contributed by atoms with Gasteiger partial charge in [0.2, 0.25) is 0 Å². The van der Waals surface area contributed by atoms with Gasteiger partial charge in [-0.3, -0.25) is 9.59 Å². The van der Waals surface area contributed by atoms with E-state index in [4.69, 9.17) is 9.15 Å². The van der Waals surface area contributed by atoms with Gasteiger partial charge in [-0.2, -0.15) is 0 Å². The number of carbonyl (C=O) groups excluding carboxylic acids is 2. The summed E-state index contributed by atoms with van der Waals surface area (Å²) in [4.78, 5) is 26.9. The lowest BCUT2D eigenvalue weighted by Crippen LogP contribution is -2.60. The van der Waals surface area contributed by atoms with Gasteiger partial charge < -0.3 is 19.0 Å². The van der Waals surface area contributed by atoms with Crippen LogP contribution in [0.25, 0.3) is 22.2 Å². The highest BCUT2D eigenvalue weighted by Gasteiger charge is 2.52. The number of furan rings is 1. The standard InChI is InChI=1S/C28H31FN2O4/c29-5-8-34-9-6-31-17-23(22-13-21(3-4-24(22)31)25-2-1-7-35-25)26(32)27(33)30-28-14-18-10-19(15-28)12-20(11-18)16-28/h1-4,7,13,17-20H,5-6,8-12,14-16H2,(H,30,33). The number of ether oxygens (including phenoxy) is 1. The third-order valence-electron chi connectivity index (χ3n) is 8.25. The molecule has 0 unspecified atom stereocenters. The van der Waals surface area contributed by atoms with Gasteiger partial charge in [0, 0.05) is 34.7 Å². The second-order valence-electron chi connectivity index (χ2n) is 10.7. The van der Waals surface area contributed by atoms with E-state index in [1.54, 1.807) is 12.5 Å². The van der Waals surface area contributed by atoms with E-state index in [9.17, 15) is 14.0 Å². The molecule has 35 heavy (non-hydrogen) atoms. The van der Waals surface area contributed by atoms with Gasteiger partial charge in [0.25, 0.3) is 11.7 Å². The third-order valence-corrected chi connectivity index (χ3v) is 8.25. The quantitative estimate of drug-likeness (QED) is 0.262. The fraction of sp³-hybridized carbons (Fsp3) is 0.500. The number of halogens is 1. The number of hydrogen-bond donors (Lipinski definition) is 1. The van der Waals surface area contributed by atoms with Crippen LogP contribution in [0.4, 0.5) is 4.39 Å². The summed E-state index contributed by atoms with van der Waals surface area (Å²) in [6.07, 6.45) is 10.1. The van der Waals surface area contributed by atoms with Crippen molar-refractivity contribution in [2.45, 2.75) is 50.6 Å². The Kier molecular flexibility index (Phi) is 5.75. The van der Waals surface area contributed by atoms with Gasteiger partial charge in [-0.15, -0.1) is 0 Å². The normalized spacial score (nSPS) is 26.9. The predicted molar refractivity (Wildman–Crippen MR) is 130 cm³/mol. The second-order valence-corrected chi connectivity index (χ2v) is 10.7. The van der Waals surface area contributed by atoms with Crippen LogP contribution in [0, 0.1) is 17.8 Å². The molecule has 0 radical (unpaired) electrons. The van der Waals surface area contributed by atoms with Crippen LogP contribution in [-0.2, 0) is 16.1 Å². The molecule has 0 aliphatic heterocycles. The number of Topliss-reactive ketones (excluding diaryl/α,β-unsaturated/α-hetero) is 1. The average molecular weight is 479 g/mol. The predicted octanol–water partition coefficient (Wildman–Crippen LogP) is 5.16. The first-order valence-corrected chi connectivity index (χ1v) is 12.7. The van der Waals surface area contributed by atoms with E-state index in [1.165, 1.54) is 19.3 Å². The van der Waals surface area contributed by atoms with Crippen LogP contribution < -0.4 is 5.32 Å². The minimum Gasteiger partial charge on any atom is -0.464 e. The number of rotatable bonds is 9. The van der Waals surface area contributed by atoms with Gasteiger partial charge in [-0.1, -0.05) is 0 Å². The molecule has 1 aromatic carbocycles. The number of benzene rings is 1. The van der Waals surface area contributed by atoms with E-state index in [2.05, 4.69) is 5.32 Å². The minimum atomic E-state index is -0.535. The van der Waals surface area contributed by atoms with Gasteiger partial charge in [0.05, 0.1) is 25.0 Å². The van der Waals surface area contributed by atoms with Crippen molar-refractivity contribution in [1.82, 2.24) is 9.88 Å². The van der Waals surface area contributed by atoms with E-state index in [1.807, 2.05) is 34.9 Å². The summed E-state index contributed by atoms with van der Waals surface area (Å²) in [7, 11) is 0. The Morgan fingerprint density at radius 1 is 1.09 bits per heavy atom. The molecule has 7 rings (SSSR count). The highest BCUT2D eigenvalue weighted by Crippen LogP contribution is 2.55. The molecule has 1 amide bonds. The second kappa shape index (κ2) is 8.94. The number of nitrogens with zero attached hydrogens (tertiary/aromatic N) is 1. The molecule has 184 valence electrons. The zero-order valence-electron chi connectivity index (χ0n) is 19.8. The van der Waals surface area contributed by atoms with Gasteiger partial charge in [0.15, 0.2) is 0 Å². The number of fused-ring (bicyclic) bond motifs is 1. The maximum absolute atomic E-state index is 13.5. The summed E-state index contributed by atoms with van der Waals surface area (Å²) >= 11 is 0. The van der Waals surface area contributed by atoms with Crippen LogP contribution in [0.3, 0.4) is 0 Å². The SMILES string of the molecule is O=C(NC12CC3CC(CC(C3)C1)C2)C(=O)c1cn(CCOCCF)c2ccc(-c3ccco3)cc12. The van der Waals surface area contributed by atoms with E-state index in [0.29, 0.717) is 47.6 Å². The van der Waals surface area contributed by atoms with E-state index in [0.717, 1.165) is 30.3 Å². The highest BCUT2D eigenvalue weighted by atomic mass is 19.1. The summed E-state index contributed by atoms with van der Waals surface area (Å²) in [6.45, 7) is 0.287. The Balaban J connectivity index is 1.29. The van der Waals surface area contributed by atoms with Crippen molar-refractivity contribution in [3.63, 3.8) is 0 Å². The fourth-order valence-corrected chi connectivity index (χ4v) is 7.26. The van der Waals surface area contributed by atoms with Gasteiger partial charge >= 0.3 is 0 Å². The van der Waals surface area contributed by atoms with Crippen LogP contribution in [0.5, 0.6) is 0 Å². The van der Waals surface area contributed by atoms with E-state index < -0.39 is 18.4 Å². The molecular formula is C28H31FN2O4. The Morgan fingerprint density at radius 3 is 2.49 bits per heavy atom. The Labute approximate surface area is 203 Å². The lowest BCUT2D eigenvalue weighted by atomic mass is 9.53. The first-order valence-electron chi connectivity index (χ1n) is 12.7. The van der Waals surface area contributed by atoms with Crippen LogP contribution in [0.15, 0.2) is 47.2 Å². The number of hydrogen-bond acceptors (Lipinski definition) is 4. The van der Waals surface area contributed by atoms with E-state index >= 15 is 0 Å². The molecule has 6 nitrogen and oxygen atoms in total. The lowest BCUT2D eigenvalue weighted by molar-refractivity contribution is -0.122. The molecule has 0 atom stereocenters. The maximum Gasteiger partial charge on any atom is 0.292 e. The number of alkyl halides is 1. The molecule has 4 fully saturated rings. The first kappa shape index (κ1) is 22.5. The molecule has 4 aliphatic rings. The summed E-state index contributed by atoms with van der Waals surface area (Å²) < 4.78 is 25.2. The van der Waals surface area contributed by atoms with Crippen LogP contribution in [-0.4, -0.2) is 41.7 Å². The lowest BCUT2D eigenvalue weighted by Gasteiger charge is -2.56. The summed E-state index contributed by atoms with van der Waals surface area (Å²) in [5, 5.41) is 3.92. The topological polar surface area (TPSA) is 73.5 Å². The number of aromatic nitrogens is 1. The molecule has 0 saturated heterocycles. The number of carbonyl (C=O) groups is 2. The number of amides is 1. The van der Waals surface area contributed by atoms with Crippen LogP contribution in [0.2, 0.25) is 0 Å². The zero-order chi connectivity index (χ0) is 24.0. The molecule has 0 spiro atoms. The molecule has 3 aromatic rings. The largest absolute Gasteiger partial charge is 0.464 e. The third kappa shape index (κ3) is 4.20. The molecule has 4 aliphatic carbocycles. The first-order chi connectivity index (χ1) is 17.0. The molecule has 2 heterocycles. The Morgan fingerprint density at radius 2 is 1.83 bits per heavy atom. The van der Waals surface area contributed by atoms with Gasteiger partial charge in [0.1, 0.15) is 12.4 Å². The molecule has 4 saturated carbocycles. The molecule has 4 bridgehead atoms. The van der Waals surface area contributed by atoms with Crippen molar-refractivity contribution in [1.29, 1.82) is 0 Å². The maximum atomic E-state index is 13.5. The van der Waals surface area contributed by atoms with Crippen LogP contribution >= 0.6 is 0 Å². The Hall–Kier alpha value is -2.93. The molecule has 7 heteroatoms. The minimum absolute atomic E-state index is 0.0428. The Bertz CT molecular complexity index is 1210. The van der Waals surface area contributed by atoms with Crippen molar-refractivity contribution >= 4 is 22.6 Å². The van der Waals surface area contributed by atoms with E-state index in [-0.39, 0.29) is 12.1 Å². The summed E-state index contributed by atoms with van der Waals surface area (Å²) in [5.41, 5.74) is 1.82. The van der Waals surface area contributed by atoms with Gasteiger partial charge in [-0.05, 0) is 86.6 Å². The van der Waals surface area contributed by atoms with Crippen molar-refractivity contribution in [2.24, 2.45) is 17.8 Å². The summed E-state index contributed by atoms with van der Waals surface area (Å²) in [6, 6.07) is 9.44.